The second kappa shape index (κ2) is 8.76. The molecule has 31 heavy (non-hydrogen) atoms. The number of aromatic nitrogens is 2. The van der Waals surface area contributed by atoms with E-state index in [0.29, 0.717) is 29.5 Å². The molecule has 3 aromatic carbocycles. The lowest BCUT2D eigenvalue weighted by molar-refractivity contribution is 0.284. The number of aryl methyl sites for hydroxylation is 2. The van der Waals surface area contributed by atoms with Crippen molar-refractivity contribution in [3.05, 3.63) is 88.7 Å². The third-order valence-electron chi connectivity index (χ3n) is 5.21. The van der Waals surface area contributed by atoms with Gasteiger partial charge in [0.15, 0.2) is 11.5 Å². The Kier molecular flexibility index (Phi) is 5.72. The first-order valence-corrected chi connectivity index (χ1v) is 10.0. The summed E-state index contributed by atoms with van der Waals surface area (Å²) in [6.07, 6.45) is 1.79. The number of imidazole rings is 1. The number of benzene rings is 3. The van der Waals surface area contributed by atoms with Gasteiger partial charge < -0.3 is 14.5 Å². The molecule has 0 unspecified atom stereocenters. The minimum atomic E-state index is 0.450. The highest BCUT2D eigenvalue weighted by molar-refractivity contribution is 5.90. The van der Waals surface area contributed by atoms with Crippen LogP contribution in [-0.2, 0) is 6.61 Å². The van der Waals surface area contributed by atoms with E-state index in [2.05, 4.69) is 36.0 Å². The summed E-state index contributed by atoms with van der Waals surface area (Å²) in [5.74, 6) is 1.81. The maximum Gasteiger partial charge on any atom is 0.161 e. The van der Waals surface area contributed by atoms with Crippen molar-refractivity contribution in [3.63, 3.8) is 0 Å². The summed E-state index contributed by atoms with van der Waals surface area (Å²) in [6, 6.07) is 21.9. The highest BCUT2D eigenvalue weighted by Gasteiger charge is 2.11. The fourth-order valence-corrected chi connectivity index (χ4v) is 3.35. The molecule has 4 aromatic rings. The van der Waals surface area contributed by atoms with Crippen molar-refractivity contribution in [2.75, 3.05) is 7.11 Å². The Balaban J connectivity index is 1.61. The zero-order valence-electron chi connectivity index (χ0n) is 17.8. The second-order valence-corrected chi connectivity index (χ2v) is 7.39. The first kappa shape index (κ1) is 20.2. The van der Waals surface area contributed by atoms with Crippen LogP contribution in [0.4, 0.5) is 0 Å². The Morgan fingerprint density at radius 1 is 1.03 bits per heavy atom. The lowest BCUT2D eigenvalue weighted by Crippen LogP contribution is -1.97. The van der Waals surface area contributed by atoms with Gasteiger partial charge >= 0.3 is 0 Å². The molecule has 0 aliphatic rings. The lowest BCUT2D eigenvalue weighted by Gasteiger charge is -2.11. The van der Waals surface area contributed by atoms with Gasteiger partial charge in [-0.3, -0.25) is 0 Å². The minimum Gasteiger partial charge on any atom is -0.493 e. The highest BCUT2D eigenvalue weighted by atomic mass is 16.5. The molecule has 0 spiro atoms. The molecule has 1 aromatic heterocycles. The summed E-state index contributed by atoms with van der Waals surface area (Å²) in [5.41, 5.74) is 6.48. The average molecular weight is 409 g/mol. The quantitative estimate of drug-likeness (QED) is 0.407. The first-order valence-electron chi connectivity index (χ1n) is 10.0. The number of allylic oxidation sites excluding steroid dienone is 1. The van der Waals surface area contributed by atoms with Crippen molar-refractivity contribution in [2.24, 2.45) is 0 Å². The standard InChI is InChI=1S/C26H23N3O2/c1-17-11-22-23(12-18(17)2)29-26(28-22)21(15-27)13-20-9-10-24(25(14-20)30-3)31-16-19-7-5-4-6-8-19/h4-14H,16H2,1-3H3,(H,28,29). The number of aromatic amines is 1. The maximum absolute atomic E-state index is 9.73. The number of hydrogen-bond donors (Lipinski definition) is 1. The summed E-state index contributed by atoms with van der Waals surface area (Å²) in [5, 5.41) is 9.73. The van der Waals surface area contributed by atoms with E-state index in [1.165, 1.54) is 11.1 Å². The molecule has 0 radical (unpaired) electrons. The Labute approximate surface area is 181 Å². The summed E-state index contributed by atoms with van der Waals surface area (Å²) < 4.78 is 11.4. The molecule has 0 aliphatic heterocycles. The van der Waals surface area contributed by atoms with Crippen LogP contribution < -0.4 is 9.47 Å². The van der Waals surface area contributed by atoms with Gasteiger partial charge in [0, 0.05) is 0 Å². The van der Waals surface area contributed by atoms with Gasteiger partial charge in [-0.05, 0) is 66.4 Å². The van der Waals surface area contributed by atoms with Gasteiger partial charge in [-0.25, -0.2) is 4.98 Å². The monoisotopic (exact) mass is 409 g/mol. The summed E-state index contributed by atoms with van der Waals surface area (Å²) in [6.45, 7) is 4.57. The van der Waals surface area contributed by atoms with Gasteiger partial charge in [0.25, 0.3) is 0 Å². The number of nitrogens with zero attached hydrogens (tertiary/aromatic N) is 2. The molecule has 0 atom stereocenters. The molecular weight excluding hydrogens is 386 g/mol. The molecule has 154 valence electrons. The van der Waals surface area contributed by atoms with Crippen molar-refractivity contribution in [1.82, 2.24) is 9.97 Å². The highest BCUT2D eigenvalue weighted by Crippen LogP contribution is 2.30. The molecule has 0 amide bonds. The smallest absolute Gasteiger partial charge is 0.161 e. The third kappa shape index (κ3) is 4.44. The number of ether oxygens (including phenoxy) is 2. The largest absolute Gasteiger partial charge is 0.493 e. The van der Waals surface area contributed by atoms with Crippen LogP contribution in [0.2, 0.25) is 0 Å². The molecule has 0 bridgehead atoms. The topological polar surface area (TPSA) is 70.9 Å². The normalized spacial score (nSPS) is 11.4. The molecule has 5 heteroatoms. The van der Waals surface area contributed by atoms with Gasteiger partial charge in [0.2, 0.25) is 0 Å². The van der Waals surface area contributed by atoms with Crippen LogP contribution in [0.1, 0.15) is 28.1 Å². The fraction of sp³-hybridized carbons (Fsp3) is 0.154. The number of hydrogen-bond acceptors (Lipinski definition) is 4. The van der Waals surface area contributed by atoms with Crippen LogP contribution in [-0.4, -0.2) is 17.1 Å². The van der Waals surface area contributed by atoms with E-state index in [1.807, 2.05) is 54.6 Å². The molecular formula is C26H23N3O2. The summed E-state index contributed by atoms with van der Waals surface area (Å²) in [4.78, 5) is 7.86. The number of methoxy groups -OCH3 is 1. The zero-order chi connectivity index (χ0) is 21.8. The number of fused-ring (bicyclic) bond motifs is 1. The minimum absolute atomic E-state index is 0.450. The Morgan fingerprint density at radius 3 is 2.55 bits per heavy atom. The molecule has 4 rings (SSSR count). The summed E-state index contributed by atoms with van der Waals surface area (Å²) in [7, 11) is 1.60. The van der Waals surface area contributed by atoms with E-state index in [4.69, 9.17) is 9.47 Å². The van der Waals surface area contributed by atoms with Crippen LogP contribution in [0, 0.1) is 25.2 Å². The van der Waals surface area contributed by atoms with Gasteiger partial charge in [0.05, 0.1) is 23.7 Å². The SMILES string of the molecule is COc1cc(C=C(C#N)c2nc3cc(C)c(C)cc3[nH]2)ccc1OCc1ccccc1. The van der Waals surface area contributed by atoms with E-state index in [1.54, 1.807) is 13.2 Å². The molecule has 5 nitrogen and oxygen atoms in total. The predicted molar refractivity (Wildman–Crippen MR) is 123 cm³/mol. The van der Waals surface area contributed by atoms with Gasteiger partial charge in [-0.1, -0.05) is 36.4 Å². The van der Waals surface area contributed by atoms with Crippen LogP contribution in [0.3, 0.4) is 0 Å². The molecule has 0 aliphatic carbocycles. The van der Waals surface area contributed by atoms with Gasteiger partial charge in [0.1, 0.15) is 18.5 Å². The van der Waals surface area contributed by atoms with Crippen molar-refractivity contribution in [2.45, 2.75) is 20.5 Å². The van der Waals surface area contributed by atoms with E-state index in [9.17, 15) is 5.26 Å². The van der Waals surface area contributed by atoms with E-state index in [-0.39, 0.29) is 0 Å². The predicted octanol–water partition coefficient (Wildman–Crippen LogP) is 5.83. The molecule has 1 heterocycles. The third-order valence-corrected chi connectivity index (χ3v) is 5.21. The first-order chi connectivity index (χ1) is 15.1. The van der Waals surface area contributed by atoms with Crippen LogP contribution >= 0.6 is 0 Å². The number of nitrogens with one attached hydrogen (secondary N) is 1. The average Bonchev–Trinajstić information content (AvgIpc) is 3.19. The number of rotatable bonds is 6. The van der Waals surface area contributed by atoms with Crippen molar-refractivity contribution >= 4 is 22.7 Å². The molecule has 0 fully saturated rings. The Bertz CT molecular complexity index is 1260. The molecule has 0 saturated heterocycles. The van der Waals surface area contributed by atoms with E-state index >= 15 is 0 Å². The summed E-state index contributed by atoms with van der Waals surface area (Å²) >= 11 is 0. The molecule has 1 N–H and O–H groups in total. The van der Waals surface area contributed by atoms with Gasteiger partial charge in [-0.2, -0.15) is 5.26 Å². The maximum atomic E-state index is 9.73. The molecule has 0 saturated carbocycles. The van der Waals surface area contributed by atoms with E-state index < -0.39 is 0 Å². The Hall–Kier alpha value is -4.04. The van der Waals surface area contributed by atoms with Crippen molar-refractivity contribution in [3.8, 4) is 17.6 Å². The van der Waals surface area contributed by atoms with Crippen molar-refractivity contribution in [1.29, 1.82) is 5.26 Å². The second-order valence-electron chi connectivity index (χ2n) is 7.39. The lowest BCUT2D eigenvalue weighted by atomic mass is 10.1. The Morgan fingerprint density at radius 2 is 1.81 bits per heavy atom. The zero-order valence-corrected chi connectivity index (χ0v) is 17.8. The van der Waals surface area contributed by atoms with Crippen LogP contribution in [0.25, 0.3) is 22.7 Å². The number of H-pyrrole nitrogens is 1. The fourth-order valence-electron chi connectivity index (χ4n) is 3.35. The van der Waals surface area contributed by atoms with Gasteiger partial charge in [-0.15, -0.1) is 0 Å². The number of nitriles is 1. The van der Waals surface area contributed by atoms with E-state index in [0.717, 1.165) is 22.2 Å². The van der Waals surface area contributed by atoms with Crippen molar-refractivity contribution < 1.29 is 9.47 Å². The van der Waals surface area contributed by atoms with Crippen LogP contribution in [0.15, 0.2) is 60.7 Å². The van der Waals surface area contributed by atoms with Crippen LogP contribution in [0.5, 0.6) is 11.5 Å².